The van der Waals surface area contributed by atoms with Crippen molar-refractivity contribution >= 4 is 33.7 Å². The zero-order valence-electron chi connectivity index (χ0n) is 14.3. The summed E-state index contributed by atoms with van der Waals surface area (Å²) in [6, 6.07) is 13.2. The third kappa shape index (κ3) is 4.65. The van der Waals surface area contributed by atoms with Crippen LogP contribution in [-0.2, 0) is 6.54 Å². The fraction of sp³-hybridized carbons (Fsp3) is 0.0556. The SMILES string of the molecule is O=C(N/N=C/c1ccccc1F)c1nn(Cc2cccc(Br)c2)cc1[N+](=O)[O-]. The Hall–Kier alpha value is -3.40. The summed E-state index contributed by atoms with van der Waals surface area (Å²) in [5.41, 5.74) is 2.31. The van der Waals surface area contributed by atoms with Gasteiger partial charge in [0.2, 0.25) is 5.69 Å². The fourth-order valence-corrected chi connectivity index (χ4v) is 2.85. The van der Waals surface area contributed by atoms with Gasteiger partial charge in [-0.1, -0.05) is 46.3 Å². The summed E-state index contributed by atoms with van der Waals surface area (Å²) < 4.78 is 15.7. The second-order valence-corrected chi connectivity index (χ2v) is 6.58. The van der Waals surface area contributed by atoms with Crippen LogP contribution in [-0.4, -0.2) is 26.8 Å². The van der Waals surface area contributed by atoms with Crippen molar-refractivity contribution in [1.82, 2.24) is 15.2 Å². The monoisotopic (exact) mass is 445 g/mol. The lowest BCUT2D eigenvalue weighted by Crippen LogP contribution is -2.20. The zero-order valence-corrected chi connectivity index (χ0v) is 15.8. The number of hydrazone groups is 1. The van der Waals surface area contributed by atoms with E-state index in [-0.39, 0.29) is 17.8 Å². The van der Waals surface area contributed by atoms with Crippen molar-refractivity contribution < 1.29 is 14.1 Å². The Kier molecular flexibility index (Phi) is 5.90. The molecule has 3 aromatic rings. The maximum atomic E-state index is 13.5. The molecule has 0 saturated heterocycles. The highest BCUT2D eigenvalue weighted by Crippen LogP contribution is 2.19. The van der Waals surface area contributed by atoms with Crippen LogP contribution in [0.3, 0.4) is 0 Å². The molecule has 0 bridgehead atoms. The number of amides is 1. The van der Waals surface area contributed by atoms with E-state index in [9.17, 15) is 19.3 Å². The van der Waals surface area contributed by atoms with E-state index in [1.54, 1.807) is 6.07 Å². The molecule has 10 heteroatoms. The maximum absolute atomic E-state index is 13.5. The molecule has 28 heavy (non-hydrogen) atoms. The van der Waals surface area contributed by atoms with Crippen LogP contribution in [0, 0.1) is 15.9 Å². The van der Waals surface area contributed by atoms with Crippen LogP contribution < -0.4 is 5.43 Å². The minimum absolute atomic E-state index is 0.164. The molecule has 0 fully saturated rings. The first-order chi connectivity index (χ1) is 13.4. The van der Waals surface area contributed by atoms with Gasteiger partial charge in [0.05, 0.1) is 17.7 Å². The summed E-state index contributed by atoms with van der Waals surface area (Å²) in [5, 5.41) is 18.9. The molecule has 0 saturated carbocycles. The smallest absolute Gasteiger partial charge is 0.265 e. The Labute approximate surface area is 167 Å². The Morgan fingerprint density at radius 1 is 1.32 bits per heavy atom. The molecule has 142 valence electrons. The largest absolute Gasteiger partial charge is 0.320 e. The minimum Gasteiger partial charge on any atom is -0.265 e. The van der Waals surface area contributed by atoms with Gasteiger partial charge in [0, 0.05) is 10.0 Å². The summed E-state index contributed by atoms with van der Waals surface area (Å²) in [7, 11) is 0. The maximum Gasteiger partial charge on any atom is 0.320 e. The Bertz CT molecular complexity index is 1070. The Morgan fingerprint density at radius 3 is 2.82 bits per heavy atom. The summed E-state index contributed by atoms with van der Waals surface area (Å²) in [6.45, 7) is 0.242. The predicted molar refractivity (Wildman–Crippen MR) is 104 cm³/mol. The van der Waals surface area contributed by atoms with Gasteiger partial charge in [-0.15, -0.1) is 0 Å². The van der Waals surface area contributed by atoms with Crippen molar-refractivity contribution in [1.29, 1.82) is 0 Å². The van der Waals surface area contributed by atoms with E-state index >= 15 is 0 Å². The number of nitrogens with zero attached hydrogens (tertiary/aromatic N) is 4. The van der Waals surface area contributed by atoms with Gasteiger partial charge in [-0.2, -0.15) is 10.2 Å². The summed E-state index contributed by atoms with van der Waals surface area (Å²) in [5.74, 6) is -1.38. The highest BCUT2D eigenvalue weighted by molar-refractivity contribution is 9.10. The molecular formula is C18H13BrFN5O3. The molecule has 0 aliphatic carbocycles. The molecule has 0 unspecified atom stereocenters. The average Bonchev–Trinajstić information content (AvgIpc) is 3.07. The van der Waals surface area contributed by atoms with Gasteiger partial charge in [-0.05, 0) is 23.8 Å². The third-order valence-electron chi connectivity index (χ3n) is 3.66. The number of benzene rings is 2. The number of nitro groups is 1. The molecule has 3 rings (SSSR count). The van der Waals surface area contributed by atoms with Crippen LogP contribution in [0.5, 0.6) is 0 Å². The van der Waals surface area contributed by atoms with Crippen molar-refractivity contribution in [2.24, 2.45) is 5.10 Å². The van der Waals surface area contributed by atoms with Crippen LogP contribution in [0.25, 0.3) is 0 Å². The normalized spacial score (nSPS) is 10.9. The number of halogens is 2. The van der Waals surface area contributed by atoms with Crippen LogP contribution in [0.1, 0.15) is 21.6 Å². The Morgan fingerprint density at radius 2 is 2.11 bits per heavy atom. The van der Waals surface area contributed by atoms with E-state index in [1.807, 2.05) is 24.3 Å². The molecule has 1 aromatic heterocycles. The first-order valence-electron chi connectivity index (χ1n) is 7.98. The molecule has 0 aliphatic rings. The van der Waals surface area contributed by atoms with Gasteiger partial charge in [-0.25, -0.2) is 9.82 Å². The predicted octanol–water partition coefficient (Wildman–Crippen LogP) is 3.51. The van der Waals surface area contributed by atoms with Crippen molar-refractivity contribution in [3.63, 3.8) is 0 Å². The minimum atomic E-state index is -0.868. The molecular weight excluding hydrogens is 433 g/mol. The van der Waals surface area contributed by atoms with Crippen molar-refractivity contribution in [2.45, 2.75) is 6.54 Å². The van der Waals surface area contributed by atoms with Crippen LogP contribution >= 0.6 is 15.9 Å². The second-order valence-electron chi connectivity index (χ2n) is 5.67. The van der Waals surface area contributed by atoms with Gasteiger partial charge in [0.25, 0.3) is 5.91 Å². The molecule has 8 nitrogen and oxygen atoms in total. The van der Waals surface area contributed by atoms with Gasteiger partial charge in [0.15, 0.2) is 0 Å². The van der Waals surface area contributed by atoms with Crippen molar-refractivity contribution in [3.05, 3.63) is 92.0 Å². The number of aromatic nitrogens is 2. The van der Waals surface area contributed by atoms with E-state index in [0.29, 0.717) is 0 Å². The topological polar surface area (TPSA) is 102 Å². The van der Waals surface area contributed by atoms with Crippen LogP contribution in [0.2, 0.25) is 0 Å². The summed E-state index contributed by atoms with van der Waals surface area (Å²) >= 11 is 3.35. The van der Waals surface area contributed by atoms with Crippen LogP contribution in [0.15, 0.2) is 64.3 Å². The standard InChI is InChI=1S/C18H13BrFN5O3/c19-14-6-3-4-12(8-14)10-24-11-16(25(27)28)17(23-24)18(26)22-21-9-13-5-1-2-7-15(13)20/h1-9,11H,10H2,(H,22,26)/b21-9+. The van der Waals surface area contributed by atoms with Crippen molar-refractivity contribution in [2.75, 3.05) is 0 Å². The molecule has 0 spiro atoms. The van der Waals surface area contributed by atoms with Gasteiger partial charge >= 0.3 is 5.69 Å². The first kappa shape index (κ1) is 19.4. The number of carbonyl (C=O) groups is 1. The molecule has 0 radical (unpaired) electrons. The molecule has 0 aliphatic heterocycles. The highest BCUT2D eigenvalue weighted by Gasteiger charge is 2.25. The van der Waals surface area contributed by atoms with Crippen molar-refractivity contribution in [3.8, 4) is 0 Å². The van der Waals surface area contributed by atoms with E-state index < -0.39 is 22.3 Å². The van der Waals surface area contributed by atoms with E-state index in [0.717, 1.165) is 16.3 Å². The lowest BCUT2D eigenvalue weighted by molar-refractivity contribution is -0.385. The Balaban J connectivity index is 1.78. The molecule has 1 heterocycles. The summed E-state index contributed by atoms with van der Waals surface area (Å²) in [4.78, 5) is 22.8. The van der Waals surface area contributed by atoms with Gasteiger partial charge < -0.3 is 0 Å². The number of hydrogen-bond donors (Lipinski definition) is 1. The molecule has 1 amide bonds. The van der Waals surface area contributed by atoms with Gasteiger partial charge in [0.1, 0.15) is 12.0 Å². The zero-order chi connectivity index (χ0) is 20.1. The number of hydrogen-bond acceptors (Lipinski definition) is 5. The average molecular weight is 446 g/mol. The molecule has 2 aromatic carbocycles. The third-order valence-corrected chi connectivity index (χ3v) is 4.16. The first-order valence-corrected chi connectivity index (χ1v) is 8.77. The summed E-state index contributed by atoms with van der Waals surface area (Å²) in [6.07, 6.45) is 2.29. The molecule has 0 atom stereocenters. The number of rotatable bonds is 6. The van der Waals surface area contributed by atoms with Crippen LogP contribution in [0.4, 0.5) is 10.1 Å². The van der Waals surface area contributed by atoms with E-state index in [2.05, 4.69) is 31.6 Å². The second kappa shape index (κ2) is 8.53. The van der Waals surface area contributed by atoms with E-state index in [1.165, 1.54) is 29.1 Å². The fourth-order valence-electron chi connectivity index (χ4n) is 2.40. The van der Waals surface area contributed by atoms with E-state index in [4.69, 9.17) is 0 Å². The lowest BCUT2D eigenvalue weighted by Gasteiger charge is -2.01. The highest BCUT2D eigenvalue weighted by atomic mass is 79.9. The quantitative estimate of drug-likeness (QED) is 0.356. The van der Waals surface area contributed by atoms with Gasteiger partial charge in [-0.3, -0.25) is 19.6 Å². The lowest BCUT2D eigenvalue weighted by atomic mass is 10.2. The number of nitrogens with one attached hydrogen (secondary N) is 1. The molecule has 1 N–H and O–H groups in total. The number of carbonyl (C=O) groups excluding carboxylic acids is 1.